The maximum atomic E-state index is 12.3. The molecule has 0 atom stereocenters. The Kier molecular flexibility index (Phi) is 5.07. The summed E-state index contributed by atoms with van der Waals surface area (Å²) in [7, 11) is 0. The van der Waals surface area contributed by atoms with E-state index in [-0.39, 0.29) is 67.7 Å². The van der Waals surface area contributed by atoms with Gasteiger partial charge in [0, 0.05) is 5.02 Å². The summed E-state index contributed by atoms with van der Waals surface area (Å²) in [5.41, 5.74) is -0.119. The van der Waals surface area contributed by atoms with Crippen LogP contribution in [-0.2, 0) is 4.79 Å². The molecule has 0 aromatic heterocycles. The normalized spacial score (nSPS) is 14.6. The third kappa shape index (κ3) is 3.17. The minimum atomic E-state index is -5.20. The standard InChI is InChI=1S/C9H5BClF3NO2.K/c11-5-1-2-6-7(3-5)15(4-10(12,13)14)9(17)8(6)16;/h1-3H,4H2;/q-1;+1. The van der Waals surface area contributed by atoms with Gasteiger partial charge < -0.3 is 17.8 Å². The largest absolute Gasteiger partial charge is 1.00 e. The van der Waals surface area contributed by atoms with Gasteiger partial charge in [-0.1, -0.05) is 11.6 Å². The van der Waals surface area contributed by atoms with Gasteiger partial charge >= 0.3 is 58.4 Å². The van der Waals surface area contributed by atoms with E-state index in [4.69, 9.17) is 11.6 Å². The summed E-state index contributed by atoms with van der Waals surface area (Å²) in [6.07, 6.45) is -1.43. The number of anilines is 1. The van der Waals surface area contributed by atoms with Gasteiger partial charge in [-0.15, -0.1) is 0 Å². The van der Waals surface area contributed by atoms with Crippen molar-refractivity contribution in [2.75, 3.05) is 11.3 Å². The molecule has 3 nitrogen and oxygen atoms in total. The minimum Gasteiger partial charge on any atom is -0.448 e. The molecule has 0 bridgehead atoms. The van der Waals surface area contributed by atoms with Crippen LogP contribution in [0, 0.1) is 0 Å². The molecule has 0 saturated heterocycles. The van der Waals surface area contributed by atoms with Gasteiger partial charge in [-0.25, -0.2) is 0 Å². The molecular weight excluding hydrogens is 296 g/mol. The molecule has 0 fully saturated rings. The zero-order valence-electron chi connectivity index (χ0n) is 9.29. The molecule has 0 saturated carbocycles. The quantitative estimate of drug-likeness (QED) is 0.533. The molecular formula is C9H5BClF3KNO2. The van der Waals surface area contributed by atoms with Crippen molar-refractivity contribution in [2.24, 2.45) is 0 Å². The van der Waals surface area contributed by atoms with Crippen LogP contribution >= 0.6 is 11.6 Å². The third-order valence-corrected chi connectivity index (χ3v) is 2.56. The van der Waals surface area contributed by atoms with E-state index < -0.39 is 25.1 Å². The summed E-state index contributed by atoms with van der Waals surface area (Å²) in [6.45, 7) is -5.20. The van der Waals surface area contributed by atoms with Crippen molar-refractivity contribution in [3.8, 4) is 0 Å². The molecule has 1 aliphatic rings. The van der Waals surface area contributed by atoms with Crippen molar-refractivity contribution in [3.63, 3.8) is 0 Å². The van der Waals surface area contributed by atoms with Gasteiger partial charge in [0.05, 0.1) is 11.3 Å². The predicted octanol–water partition coefficient (Wildman–Crippen LogP) is -0.740. The zero-order chi connectivity index (χ0) is 12.8. The molecule has 9 heteroatoms. The summed E-state index contributed by atoms with van der Waals surface area (Å²) in [5, 5.41) is 0.172. The second-order valence-corrected chi connectivity index (χ2v) is 4.05. The van der Waals surface area contributed by atoms with Crippen LogP contribution < -0.4 is 56.3 Å². The smallest absolute Gasteiger partial charge is 0.448 e. The van der Waals surface area contributed by atoms with Crippen LogP contribution in [0.2, 0.25) is 5.02 Å². The first-order valence-electron chi connectivity index (χ1n) is 4.66. The molecule has 1 aromatic carbocycles. The van der Waals surface area contributed by atoms with Gasteiger partial charge in [0.15, 0.2) is 0 Å². The second-order valence-electron chi connectivity index (χ2n) is 3.62. The van der Waals surface area contributed by atoms with Crippen LogP contribution in [-0.4, -0.2) is 25.1 Å². The summed E-state index contributed by atoms with van der Waals surface area (Å²) < 4.78 is 37.0. The van der Waals surface area contributed by atoms with Crippen molar-refractivity contribution in [2.45, 2.75) is 0 Å². The van der Waals surface area contributed by atoms with Gasteiger partial charge in [0.1, 0.15) is 0 Å². The van der Waals surface area contributed by atoms with Crippen molar-refractivity contribution < 1.29 is 73.9 Å². The Labute approximate surface area is 148 Å². The molecule has 1 aromatic rings. The number of carbonyl (C=O) groups excluding carboxylic acids is 2. The van der Waals surface area contributed by atoms with Gasteiger partial charge in [-0.2, -0.15) is 0 Å². The van der Waals surface area contributed by atoms with Crippen LogP contribution in [0.15, 0.2) is 18.2 Å². The molecule has 18 heavy (non-hydrogen) atoms. The van der Waals surface area contributed by atoms with Crippen LogP contribution in [0.5, 0.6) is 0 Å². The molecule has 1 aliphatic heterocycles. The fraction of sp³-hybridized carbons (Fsp3) is 0.111. The van der Waals surface area contributed by atoms with Crippen LogP contribution in [0.4, 0.5) is 18.6 Å². The van der Waals surface area contributed by atoms with Crippen molar-refractivity contribution >= 4 is 36.0 Å². The molecule has 0 N–H and O–H groups in total. The van der Waals surface area contributed by atoms with Gasteiger partial charge in [-0.3, -0.25) is 9.59 Å². The fourth-order valence-corrected chi connectivity index (χ4v) is 1.82. The number of amides is 1. The van der Waals surface area contributed by atoms with E-state index in [2.05, 4.69) is 0 Å². The van der Waals surface area contributed by atoms with E-state index in [1.807, 2.05) is 0 Å². The summed E-state index contributed by atoms with van der Waals surface area (Å²) in [4.78, 5) is 23.2. The van der Waals surface area contributed by atoms with E-state index in [0.717, 1.165) is 0 Å². The summed E-state index contributed by atoms with van der Waals surface area (Å²) >= 11 is 5.63. The number of halogens is 4. The molecule has 0 spiro atoms. The van der Waals surface area contributed by atoms with E-state index in [0.29, 0.717) is 4.90 Å². The number of Topliss-reactive ketones (excluding diaryl/α,β-unsaturated/α-hetero) is 1. The van der Waals surface area contributed by atoms with Crippen LogP contribution in [0.3, 0.4) is 0 Å². The SMILES string of the molecule is O=C1C(=O)N(C[B-](F)(F)F)c2cc(Cl)ccc21.[K+]. The van der Waals surface area contributed by atoms with Crippen LogP contribution in [0.1, 0.15) is 10.4 Å². The molecule has 1 amide bonds. The first-order chi connectivity index (χ1) is 7.79. The molecule has 2 rings (SSSR count). The number of nitrogens with zero attached hydrogens (tertiary/aromatic N) is 1. The number of benzene rings is 1. The molecule has 0 unspecified atom stereocenters. The Hall–Kier alpha value is 0.141. The van der Waals surface area contributed by atoms with Crippen molar-refractivity contribution in [1.29, 1.82) is 0 Å². The van der Waals surface area contributed by atoms with Crippen molar-refractivity contribution in [1.82, 2.24) is 0 Å². The maximum absolute atomic E-state index is 12.3. The molecule has 0 radical (unpaired) electrons. The van der Waals surface area contributed by atoms with Gasteiger partial charge in [-0.05, 0) is 24.6 Å². The Morgan fingerprint density at radius 3 is 2.39 bits per heavy atom. The number of hydrogen-bond acceptors (Lipinski definition) is 2. The number of fused-ring (bicyclic) bond motifs is 1. The topological polar surface area (TPSA) is 37.4 Å². The van der Waals surface area contributed by atoms with E-state index in [1.54, 1.807) is 0 Å². The number of rotatable bonds is 2. The Bertz CT molecular complexity index is 523. The Balaban J connectivity index is 0.00000162. The van der Waals surface area contributed by atoms with Gasteiger partial charge in [0.2, 0.25) is 0 Å². The van der Waals surface area contributed by atoms with E-state index >= 15 is 0 Å². The number of carbonyl (C=O) groups is 2. The molecule has 1 heterocycles. The summed E-state index contributed by atoms with van der Waals surface area (Å²) in [5.74, 6) is -2.10. The predicted molar refractivity (Wildman–Crippen MR) is 57.2 cm³/mol. The van der Waals surface area contributed by atoms with E-state index in [1.165, 1.54) is 18.2 Å². The minimum absolute atomic E-state index is 0. The first-order valence-corrected chi connectivity index (χ1v) is 5.04. The van der Waals surface area contributed by atoms with Crippen molar-refractivity contribution in [3.05, 3.63) is 28.8 Å². The third-order valence-electron chi connectivity index (χ3n) is 2.32. The van der Waals surface area contributed by atoms with E-state index in [9.17, 15) is 22.5 Å². The average molecular weight is 302 g/mol. The zero-order valence-corrected chi connectivity index (χ0v) is 13.2. The number of ketones is 1. The number of hydrogen-bond donors (Lipinski definition) is 0. The Morgan fingerprint density at radius 1 is 1.22 bits per heavy atom. The average Bonchev–Trinajstić information content (AvgIpc) is 2.42. The Morgan fingerprint density at radius 2 is 1.83 bits per heavy atom. The fourth-order valence-electron chi connectivity index (χ4n) is 1.66. The maximum Gasteiger partial charge on any atom is 1.00 e. The second kappa shape index (κ2) is 5.64. The summed E-state index contributed by atoms with van der Waals surface area (Å²) in [6, 6.07) is 3.79. The molecule has 0 aliphatic carbocycles. The first kappa shape index (κ1) is 16.2. The van der Waals surface area contributed by atoms with Gasteiger partial charge in [0.25, 0.3) is 11.7 Å². The molecule has 90 valence electrons. The monoisotopic (exact) mass is 301 g/mol. The van der Waals surface area contributed by atoms with Crippen LogP contribution in [0.25, 0.3) is 0 Å².